The number of anilines is 2. The van der Waals surface area contributed by atoms with Crippen LogP contribution in [0, 0.1) is 11.8 Å². The molecular weight excluding hydrogens is 506 g/mol. The van der Waals surface area contributed by atoms with Crippen LogP contribution >= 0.6 is 34.0 Å². The van der Waals surface area contributed by atoms with Gasteiger partial charge in [0.2, 0.25) is 11.0 Å². The Kier molecular flexibility index (Phi) is 7.88. The monoisotopic (exact) mass is 533 g/mol. The van der Waals surface area contributed by atoms with Crippen LogP contribution in [0.1, 0.15) is 56.9 Å². The highest BCUT2D eigenvalue weighted by Crippen LogP contribution is 2.47. The fourth-order valence-corrected chi connectivity index (χ4v) is 6.71. The van der Waals surface area contributed by atoms with Crippen LogP contribution in [0.25, 0.3) is 9.75 Å². The smallest absolute Gasteiger partial charge is 0.449 e. The number of rotatable bonds is 7. The van der Waals surface area contributed by atoms with Crippen molar-refractivity contribution in [2.24, 2.45) is 11.8 Å². The molecule has 0 bridgehead atoms. The first-order valence-corrected chi connectivity index (χ1v) is 14.0. The summed E-state index contributed by atoms with van der Waals surface area (Å²) in [6, 6.07) is 5.28. The number of hydrogen-bond acceptors (Lipinski definition) is 8. The zero-order valence-electron chi connectivity index (χ0n) is 19.6. The number of nitrogens with one attached hydrogen (secondary N) is 1. The van der Waals surface area contributed by atoms with Gasteiger partial charge >= 0.3 is 6.16 Å². The quantitative estimate of drug-likeness (QED) is 0.323. The van der Waals surface area contributed by atoms with Gasteiger partial charge in [0.25, 0.3) is 5.91 Å². The highest BCUT2D eigenvalue weighted by atomic mass is 32.1. The van der Waals surface area contributed by atoms with Crippen molar-refractivity contribution in [1.82, 2.24) is 4.98 Å². The predicted octanol–water partition coefficient (Wildman–Crippen LogP) is 6.81. The van der Waals surface area contributed by atoms with Gasteiger partial charge in [0.05, 0.1) is 21.1 Å². The number of thiophene rings is 2. The second-order valence-electron chi connectivity index (χ2n) is 8.90. The molecule has 8 nitrogen and oxygen atoms in total. The molecule has 2 amide bonds. The van der Waals surface area contributed by atoms with Gasteiger partial charge in [0, 0.05) is 22.2 Å². The standard InChI is InChI=1S/C24H27N3O5S3/c1-13(2)27(22(29)15-6-4-14(3)5-7-15)17-10-19(35-23(17)32-24(30)31)18-8-9-20(34-18)26-21(28)16-11-33-12-25-16/h8-15H,4-7H2,1-3H3,(H,26,28)(H,30,31). The molecule has 0 aromatic carbocycles. The molecule has 35 heavy (non-hydrogen) atoms. The van der Waals surface area contributed by atoms with E-state index in [-0.39, 0.29) is 28.8 Å². The summed E-state index contributed by atoms with van der Waals surface area (Å²) in [6.07, 6.45) is 2.27. The molecule has 0 aliphatic heterocycles. The molecule has 186 valence electrons. The summed E-state index contributed by atoms with van der Waals surface area (Å²) in [5.74, 6) is 0.256. The van der Waals surface area contributed by atoms with Gasteiger partial charge in [0.1, 0.15) is 5.69 Å². The molecule has 3 heterocycles. The van der Waals surface area contributed by atoms with Gasteiger partial charge in [-0.15, -0.1) is 22.7 Å². The lowest BCUT2D eigenvalue weighted by Gasteiger charge is -2.33. The SMILES string of the molecule is CC1CCC(C(=O)N(c2cc(-c3ccc(NC(=O)c4cscn4)s3)sc2OC(=O)O)C(C)C)CC1. The van der Waals surface area contributed by atoms with Gasteiger partial charge in [-0.1, -0.05) is 18.3 Å². The van der Waals surface area contributed by atoms with Gasteiger partial charge < -0.3 is 20.1 Å². The van der Waals surface area contributed by atoms with Gasteiger partial charge in [0.15, 0.2) is 0 Å². The number of nitrogens with zero attached hydrogens (tertiary/aromatic N) is 2. The maximum Gasteiger partial charge on any atom is 0.512 e. The fraction of sp³-hybridized carbons (Fsp3) is 0.417. The minimum Gasteiger partial charge on any atom is -0.449 e. The zero-order valence-corrected chi connectivity index (χ0v) is 22.1. The molecule has 1 fully saturated rings. The van der Waals surface area contributed by atoms with E-state index in [1.165, 1.54) is 34.0 Å². The first kappa shape index (κ1) is 25.3. The molecule has 3 aromatic rings. The second-order valence-corrected chi connectivity index (χ2v) is 11.7. The van der Waals surface area contributed by atoms with Crippen molar-refractivity contribution < 1.29 is 24.2 Å². The second kappa shape index (κ2) is 10.9. The van der Waals surface area contributed by atoms with Crippen LogP contribution in [-0.4, -0.2) is 34.1 Å². The Hall–Kier alpha value is -2.76. The number of carbonyl (C=O) groups excluding carboxylic acids is 2. The Bertz CT molecular complexity index is 1190. The van der Waals surface area contributed by atoms with Crippen LogP contribution in [0.3, 0.4) is 0 Å². The first-order valence-electron chi connectivity index (χ1n) is 11.4. The molecule has 0 saturated heterocycles. The van der Waals surface area contributed by atoms with Crippen LogP contribution in [0.4, 0.5) is 15.5 Å². The molecule has 0 unspecified atom stereocenters. The number of thiazole rings is 1. The van der Waals surface area contributed by atoms with Crippen LogP contribution in [0.15, 0.2) is 29.1 Å². The third kappa shape index (κ3) is 5.91. The van der Waals surface area contributed by atoms with Crippen molar-refractivity contribution in [2.45, 2.75) is 52.5 Å². The average molecular weight is 534 g/mol. The minimum absolute atomic E-state index is 0.00823. The Morgan fingerprint density at radius 3 is 2.51 bits per heavy atom. The molecule has 0 radical (unpaired) electrons. The Morgan fingerprint density at radius 2 is 1.89 bits per heavy atom. The van der Waals surface area contributed by atoms with Crippen molar-refractivity contribution in [2.75, 3.05) is 10.2 Å². The number of ether oxygens (including phenoxy) is 1. The molecule has 3 aromatic heterocycles. The summed E-state index contributed by atoms with van der Waals surface area (Å²) in [5, 5.41) is 14.6. The topological polar surface area (TPSA) is 109 Å². The summed E-state index contributed by atoms with van der Waals surface area (Å²) in [7, 11) is 0. The van der Waals surface area contributed by atoms with E-state index in [9.17, 15) is 19.5 Å². The average Bonchev–Trinajstić information content (AvgIpc) is 3.55. The molecule has 4 rings (SSSR count). The highest BCUT2D eigenvalue weighted by molar-refractivity contribution is 7.25. The van der Waals surface area contributed by atoms with E-state index in [0.717, 1.165) is 35.4 Å². The number of carboxylic acid groups (broad SMARTS) is 1. The Labute approximate surface area is 215 Å². The van der Waals surface area contributed by atoms with Crippen LogP contribution in [0.2, 0.25) is 0 Å². The van der Waals surface area contributed by atoms with Gasteiger partial charge in [-0.05, 0) is 63.6 Å². The molecular formula is C24H27N3O5S3. The molecule has 1 saturated carbocycles. The van der Waals surface area contributed by atoms with E-state index in [1.54, 1.807) is 21.9 Å². The number of carbonyl (C=O) groups is 3. The van der Waals surface area contributed by atoms with E-state index < -0.39 is 6.16 Å². The summed E-state index contributed by atoms with van der Waals surface area (Å²) < 4.78 is 5.12. The third-order valence-corrected chi connectivity index (χ3v) is 8.77. The van der Waals surface area contributed by atoms with Gasteiger partial charge in [-0.2, -0.15) is 0 Å². The Morgan fingerprint density at radius 1 is 1.14 bits per heavy atom. The number of amides is 2. The Balaban J connectivity index is 1.62. The lowest BCUT2D eigenvalue weighted by molar-refractivity contribution is -0.123. The van der Waals surface area contributed by atoms with E-state index in [2.05, 4.69) is 17.2 Å². The van der Waals surface area contributed by atoms with E-state index in [1.807, 2.05) is 26.0 Å². The summed E-state index contributed by atoms with van der Waals surface area (Å²) >= 11 is 3.87. The highest BCUT2D eigenvalue weighted by Gasteiger charge is 2.33. The van der Waals surface area contributed by atoms with Crippen molar-refractivity contribution in [3.8, 4) is 14.8 Å². The van der Waals surface area contributed by atoms with Crippen molar-refractivity contribution in [3.05, 3.63) is 34.8 Å². The molecule has 11 heteroatoms. The molecule has 1 aliphatic rings. The number of hydrogen-bond donors (Lipinski definition) is 2. The fourth-order valence-electron chi connectivity index (χ4n) is 4.20. The minimum atomic E-state index is -1.43. The predicted molar refractivity (Wildman–Crippen MR) is 140 cm³/mol. The van der Waals surface area contributed by atoms with Crippen LogP contribution < -0.4 is 15.0 Å². The van der Waals surface area contributed by atoms with Crippen molar-refractivity contribution >= 4 is 62.7 Å². The van der Waals surface area contributed by atoms with Gasteiger partial charge in [-0.3, -0.25) is 9.59 Å². The van der Waals surface area contributed by atoms with Crippen molar-refractivity contribution in [3.63, 3.8) is 0 Å². The van der Waals surface area contributed by atoms with Crippen LogP contribution in [0.5, 0.6) is 5.06 Å². The molecule has 0 atom stereocenters. The molecule has 1 aliphatic carbocycles. The largest absolute Gasteiger partial charge is 0.512 e. The molecule has 0 spiro atoms. The summed E-state index contributed by atoms with van der Waals surface area (Å²) in [6.45, 7) is 6.05. The lowest BCUT2D eigenvalue weighted by atomic mass is 9.82. The van der Waals surface area contributed by atoms with Crippen molar-refractivity contribution in [1.29, 1.82) is 0 Å². The normalized spacial score (nSPS) is 17.8. The first-order chi connectivity index (χ1) is 16.7. The van der Waals surface area contributed by atoms with E-state index >= 15 is 0 Å². The lowest BCUT2D eigenvalue weighted by Crippen LogP contribution is -2.42. The maximum atomic E-state index is 13.5. The zero-order chi connectivity index (χ0) is 25.1. The van der Waals surface area contributed by atoms with Gasteiger partial charge in [-0.25, -0.2) is 9.78 Å². The maximum absolute atomic E-state index is 13.5. The summed E-state index contributed by atoms with van der Waals surface area (Å²) in [4.78, 5) is 44.6. The molecule has 2 N–H and O–H groups in total. The van der Waals surface area contributed by atoms with Crippen LogP contribution in [-0.2, 0) is 4.79 Å². The number of aromatic nitrogens is 1. The third-order valence-electron chi connectivity index (χ3n) is 5.99. The summed E-state index contributed by atoms with van der Waals surface area (Å²) in [5.41, 5.74) is 2.41. The van der Waals surface area contributed by atoms with E-state index in [4.69, 9.17) is 4.74 Å². The van der Waals surface area contributed by atoms with E-state index in [0.29, 0.717) is 22.3 Å².